The molecule has 18 heavy (non-hydrogen) atoms. The molecule has 0 aliphatic heterocycles. The average Bonchev–Trinajstić information content (AvgIpc) is 2.69. The van der Waals surface area contributed by atoms with Crippen LogP contribution in [0.25, 0.3) is 0 Å². The molecule has 2 rings (SSSR count). The van der Waals surface area contributed by atoms with E-state index >= 15 is 0 Å². The molecule has 1 aromatic rings. The predicted molar refractivity (Wildman–Crippen MR) is 72.5 cm³/mol. The van der Waals surface area contributed by atoms with Gasteiger partial charge in [0.25, 0.3) is 0 Å². The number of ether oxygens (including phenoxy) is 1. The van der Waals surface area contributed by atoms with E-state index in [1.165, 1.54) is 44.9 Å². The van der Waals surface area contributed by atoms with Gasteiger partial charge in [0.05, 0.1) is 25.0 Å². The molecule has 1 saturated carbocycles. The zero-order valence-electron chi connectivity index (χ0n) is 11.6. The molecular formula is C14H25N3O. The standard InChI is InChI=1S/C14H25N3O/c1-17-14(12(18-2)10-16-17)13(15)11-8-6-4-3-5-7-9-11/h10-11,13H,3-9,15H2,1-2H3. The molecule has 4 heteroatoms. The second kappa shape index (κ2) is 6.23. The number of hydrogen-bond donors (Lipinski definition) is 1. The summed E-state index contributed by atoms with van der Waals surface area (Å²) in [6.07, 6.45) is 10.9. The molecule has 1 fully saturated rings. The van der Waals surface area contributed by atoms with Crippen molar-refractivity contribution in [3.8, 4) is 5.75 Å². The van der Waals surface area contributed by atoms with Crippen LogP contribution in [0.1, 0.15) is 56.7 Å². The van der Waals surface area contributed by atoms with Gasteiger partial charge in [-0.25, -0.2) is 0 Å². The molecule has 0 saturated heterocycles. The van der Waals surface area contributed by atoms with E-state index in [0.29, 0.717) is 5.92 Å². The predicted octanol–water partition coefficient (Wildman–Crippen LogP) is 2.79. The zero-order valence-corrected chi connectivity index (χ0v) is 11.6. The number of aryl methyl sites for hydroxylation is 1. The summed E-state index contributed by atoms with van der Waals surface area (Å²) in [5, 5.41) is 4.26. The lowest BCUT2D eigenvalue weighted by molar-refractivity contribution is 0.309. The Labute approximate surface area is 110 Å². The molecular weight excluding hydrogens is 226 g/mol. The first-order valence-corrected chi connectivity index (χ1v) is 7.05. The molecule has 4 nitrogen and oxygen atoms in total. The van der Waals surface area contributed by atoms with E-state index in [9.17, 15) is 0 Å². The van der Waals surface area contributed by atoms with Crippen molar-refractivity contribution < 1.29 is 4.74 Å². The molecule has 0 bridgehead atoms. The van der Waals surface area contributed by atoms with Crippen LogP contribution in [0.3, 0.4) is 0 Å². The fourth-order valence-electron chi connectivity index (χ4n) is 3.03. The van der Waals surface area contributed by atoms with Gasteiger partial charge in [-0.2, -0.15) is 5.10 Å². The maximum Gasteiger partial charge on any atom is 0.161 e. The topological polar surface area (TPSA) is 53.1 Å². The maximum absolute atomic E-state index is 6.47. The number of rotatable bonds is 3. The van der Waals surface area contributed by atoms with E-state index < -0.39 is 0 Å². The maximum atomic E-state index is 6.47. The van der Waals surface area contributed by atoms with E-state index in [0.717, 1.165) is 11.4 Å². The molecule has 102 valence electrons. The fraction of sp³-hybridized carbons (Fsp3) is 0.786. The molecule has 0 amide bonds. The van der Waals surface area contributed by atoms with Gasteiger partial charge in [0, 0.05) is 7.05 Å². The number of aromatic nitrogens is 2. The van der Waals surface area contributed by atoms with Crippen LogP contribution in [-0.4, -0.2) is 16.9 Å². The van der Waals surface area contributed by atoms with Gasteiger partial charge in [-0.15, -0.1) is 0 Å². The minimum Gasteiger partial charge on any atom is -0.493 e. The molecule has 1 aliphatic carbocycles. The quantitative estimate of drug-likeness (QED) is 0.898. The van der Waals surface area contributed by atoms with Crippen LogP contribution in [0, 0.1) is 5.92 Å². The van der Waals surface area contributed by atoms with E-state index in [-0.39, 0.29) is 6.04 Å². The van der Waals surface area contributed by atoms with Crippen LogP contribution in [0.5, 0.6) is 5.75 Å². The second-order valence-electron chi connectivity index (χ2n) is 5.35. The Balaban J connectivity index is 2.12. The molecule has 1 heterocycles. The highest BCUT2D eigenvalue weighted by atomic mass is 16.5. The van der Waals surface area contributed by atoms with Crippen molar-refractivity contribution >= 4 is 0 Å². The fourth-order valence-corrected chi connectivity index (χ4v) is 3.03. The van der Waals surface area contributed by atoms with Crippen molar-refractivity contribution in [1.29, 1.82) is 0 Å². The van der Waals surface area contributed by atoms with Crippen LogP contribution < -0.4 is 10.5 Å². The van der Waals surface area contributed by atoms with Gasteiger partial charge in [0.15, 0.2) is 5.75 Å². The number of methoxy groups -OCH3 is 1. The van der Waals surface area contributed by atoms with Crippen LogP contribution in [0.15, 0.2) is 6.20 Å². The highest BCUT2D eigenvalue weighted by Crippen LogP contribution is 2.34. The molecule has 2 N–H and O–H groups in total. The zero-order chi connectivity index (χ0) is 13.0. The van der Waals surface area contributed by atoms with Gasteiger partial charge in [-0.1, -0.05) is 32.1 Å². The summed E-state index contributed by atoms with van der Waals surface area (Å²) in [6.45, 7) is 0. The highest BCUT2D eigenvalue weighted by Gasteiger charge is 2.25. The Kier molecular flexibility index (Phi) is 4.64. The second-order valence-corrected chi connectivity index (χ2v) is 5.35. The van der Waals surface area contributed by atoms with Crippen LogP contribution >= 0.6 is 0 Å². The first kappa shape index (κ1) is 13.4. The van der Waals surface area contributed by atoms with Gasteiger partial charge < -0.3 is 10.5 Å². The molecule has 1 atom stereocenters. The van der Waals surface area contributed by atoms with E-state index in [4.69, 9.17) is 10.5 Å². The number of hydrogen-bond acceptors (Lipinski definition) is 3. The van der Waals surface area contributed by atoms with Crippen LogP contribution in [0.2, 0.25) is 0 Å². The lowest BCUT2D eigenvalue weighted by Gasteiger charge is -2.26. The summed E-state index contributed by atoms with van der Waals surface area (Å²) in [4.78, 5) is 0. The molecule has 1 unspecified atom stereocenters. The summed E-state index contributed by atoms with van der Waals surface area (Å²) < 4.78 is 7.23. The van der Waals surface area contributed by atoms with Crippen LogP contribution in [-0.2, 0) is 7.05 Å². The van der Waals surface area contributed by atoms with Crippen molar-refractivity contribution in [2.45, 2.75) is 51.0 Å². The van der Waals surface area contributed by atoms with Crippen molar-refractivity contribution in [3.63, 3.8) is 0 Å². The monoisotopic (exact) mass is 251 g/mol. The van der Waals surface area contributed by atoms with Crippen LogP contribution in [0.4, 0.5) is 0 Å². The Morgan fingerprint density at radius 1 is 1.28 bits per heavy atom. The van der Waals surface area contributed by atoms with Crippen molar-refractivity contribution in [2.75, 3.05) is 7.11 Å². The minimum absolute atomic E-state index is 0.0468. The molecule has 0 aromatic carbocycles. The first-order chi connectivity index (χ1) is 8.74. The summed E-state index contributed by atoms with van der Waals surface area (Å²) in [6, 6.07) is 0.0468. The van der Waals surface area contributed by atoms with Gasteiger partial charge in [-0.3, -0.25) is 4.68 Å². The van der Waals surface area contributed by atoms with Crippen molar-refractivity contribution in [1.82, 2.24) is 9.78 Å². The van der Waals surface area contributed by atoms with Crippen molar-refractivity contribution in [3.05, 3.63) is 11.9 Å². The normalized spacial score (nSPS) is 20.2. The van der Waals surface area contributed by atoms with E-state index in [1.807, 2.05) is 11.7 Å². The number of nitrogens with two attached hydrogens (primary N) is 1. The largest absolute Gasteiger partial charge is 0.493 e. The van der Waals surface area contributed by atoms with Gasteiger partial charge in [-0.05, 0) is 18.8 Å². The third-order valence-electron chi connectivity index (χ3n) is 4.14. The summed E-state index contributed by atoms with van der Waals surface area (Å²) in [7, 11) is 3.63. The third kappa shape index (κ3) is 2.86. The molecule has 0 spiro atoms. The summed E-state index contributed by atoms with van der Waals surface area (Å²) in [5.41, 5.74) is 7.52. The lowest BCUT2D eigenvalue weighted by Crippen LogP contribution is -2.25. The van der Waals surface area contributed by atoms with E-state index in [2.05, 4.69) is 5.10 Å². The Bertz CT molecular complexity index is 367. The van der Waals surface area contributed by atoms with Gasteiger partial charge in [0.1, 0.15) is 0 Å². The first-order valence-electron chi connectivity index (χ1n) is 7.05. The third-order valence-corrected chi connectivity index (χ3v) is 4.14. The molecule has 1 aliphatic rings. The Morgan fingerprint density at radius 2 is 1.89 bits per heavy atom. The lowest BCUT2D eigenvalue weighted by atomic mass is 9.85. The minimum atomic E-state index is 0.0468. The number of nitrogens with zero attached hydrogens (tertiary/aromatic N) is 2. The van der Waals surface area contributed by atoms with Crippen molar-refractivity contribution in [2.24, 2.45) is 18.7 Å². The van der Waals surface area contributed by atoms with Gasteiger partial charge >= 0.3 is 0 Å². The highest BCUT2D eigenvalue weighted by molar-refractivity contribution is 5.28. The van der Waals surface area contributed by atoms with Gasteiger partial charge in [0.2, 0.25) is 0 Å². The van der Waals surface area contributed by atoms with E-state index in [1.54, 1.807) is 13.3 Å². The summed E-state index contributed by atoms with van der Waals surface area (Å²) >= 11 is 0. The summed E-state index contributed by atoms with van der Waals surface area (Å²) in [5.74, 6) is 1.39. The molecule has 1 aromatic heterocycles. The Hall–Kier alpha value is -1.03. The average molecular weight is 251 g/mol. The SMILES string of the molecule is COc1cnn(C)c1C(N)C1CCCCCCC1. The molecule has 0 radical (unpaired) electrons. The Morgan fingerprint density at radius 3 is 2.50 bits per heavy atom. The smallest absolute Gasteiger partial charge is 0.161 e.